The van der Waals surface area contributed by atoms with Crippen LogP contribution in [-0.4, -0.2) is 24.1 Å². The Hall–Kier alpha value is -2.11. The van der Waals surface area contributed by atoms with Crippen LogP contribution in [0.4, 0.5) is 11.5 Å². The van der Waals surface area contributed by atoms with Crippen molar-refractivity contribution in [3.8, 4) is 0 Å². The number of pyridine rings is 1. The molecule has 29 heavy (non-hydrogen) atoms. The minimum absolute atomic E-state index is 0.754. The summed E-state index contributed by atoms with van der Waals surface area (Å²) in [6.07, 6.45) is 10.8. The Morgan fingerprint density at radius 3 is 2.41 bits per heavy atom. The second-order valence-electron chi connectivity index (χ2n) is 8.07. The van der Waals surface area contributed by atoms with Gasteiger partial charge in [0, 0.05) is 36.6 Å². The van der Waals surface area contributed by atoms with Gasteiger partial charge in [-0.3, -0.25) is 0 Å². The molecule has 3 rings (SSSR count). The number of hydrogen-bond acceptors (Lipinski definition) is 5. The van der Waals surface area contributed by atoms with E-state index in [1.807, 2.05) is 6.07 Å². The maximum absolute atomic E-state index is 6.04. The van der Waals surface area contributed by atoms with E-state index >= 15 is 0 Å². The van der Waals surface area contributed by atoms with Gasteiger partial charge in [0.25, 0.3) is 0 Å². The van der Waals surface area contributed by atoms with Gasteiger partial charge >= 0.3 is 0 Å². The molecular weight excluding hydrogens is 358 g/mol. The molecule has 5 N–H and O–H groups in total. The van der Waals surface area contributed by atoms with E-state index in [2.05, 4.69) is 52.1 Å². The van der Waals surface area contributed by atoms with Crippen molar-refractivity contribution < 1.29 is 0 Å². The first-order chi connectivity index (χ1) is 14.3. The van der Waals surface area contributed by atoms with Gasteiger partial charge in [0.2, 0.25) is 0 Å². The molecule has 0 unspecified atom stereocenters. The van der Waals surface area contributed by atoms with Gasteiger partial charge in [0.1, 0.15) is 5.82 Å². The molecule has 158 valence electrons. The molecule has 5 heteroatoms. The number of anilines is 2. The molecule has 5 nitrogen and oxygen atoms in total. The first kappa shape index (κ1) is 21.6. The fourth-order valence-electron chi connectivity index (χ4n) is 4.05. The lowest BCUT2D eigenvalue weighted by molar-refractivity contribution is 0.371. The monoisotopic (exact) mass is 395 g/mol. The molecule has 0 spiro atoms. The molecule has 0 atom stereocenters. The Morgan fingerprint density at radius 1 is 0.966 bits per heavy atom. The van der Waals surface area contributed by atoms with E-state index in [4.69, 9.17) is 5.73 Å². The van der Waals surface area contributed by atoms with E-state index in [1.54, 1.807) is 6.20 Å². The van der Waals surface area contributed by atoms with E-state index in [0.717, 1.165) is 55.7 Å². The molecule has 1 saturated carbocycles. The lowest BCUT2D eigenvalue weighted by atomic mass is 9.95. The highest BCUT2D eigenvalue weighted by molar-refractivity contribution is 5.59. The summed E-state index contributed by atoms with van der Waals surface area (Å²) in [4.78, 5) is 4.43. The van der Waals surface area contributed by atoms with Crippen LogP contribution in [0.5, 0.6) is 0 Å². The quantitative estimate of drug-likeness (QED) is 0.428. The molecule has 0 bridgehead atoms. The summed E-state index contributed by atoms with van der Waals surface area (Å²) in [5, 5.41) is 10.7. The van der Waals surface area contributed by atoms with Gasteiger partial charge in [0.15, 0.2) is 0 Å². The third-order valence-corrected chi connectivity index (χ3v) is 5.83. The lowest BCUT2D eigenvalue weighted by Gasteiger charge is -2.22. The Morgan fingerprint density at radius 2 is 1.69 bits per heavy atom. The molecule has 0 saturated heterocycles. The molecule has 1 fully saturated rings. The average molecular weight is 396 g/mol. The van der Waals surface area contributed by atoms with Gasteiger partial charge in [-0.2, -0.15) is 0 Å². The zero-order chi connectivity index (χ0) is 20.3. The third-order valence-electron chi connectivity index (χ3n) is 5.83. The largest absolute Gasteiger partial charge is 0.398 e. The van der Waals surface area contributed by atoms with E-state index in [9.17, 15) is 0 Å². The van der Waals surface area contributed by atoms with Crippen molar-refractivity contribution >= 4 is 11.5 Å². The Bertz CT molecular complexity index is 723. The number of nitrogens with zero attached hydrogens (tertiary/aromatic N) is 1. The second-order valence-corrected chi connectivity index (χ2v) is 8.07. The average Bonchev–Trinajstić information content (AvgIpc) is 2.76. The standard InChI is InChI=1S/C24H37N5/c1-2-22-23(25)13-16-28-24(22)29-18-20-11-9-19(10-12-20)17-26-14-6-15-27-21-7-4-3-5-8-21/h9-13,16,21,26-27H,2-8,14-15,17-18H2,1H3,(H3,25,28,29). The molecule has 1 aromatic carbocycles. The van der Waals surface area contributed by atoms with Crippen molar-refractivity contribution in [2.75, 3.05) is 24.1 Å². The maximum atomic E-state index is 6.04. The maximum Gasteiger partial charge on any atom is 0.131 e. The summed E-state index contributed by atoms with van der Waals surface area (Å²) in [6, 6.07) is 11.4. The summed E-state index contributed by atoms with van der Waals surface area (Å²) in [5.41, 5.74) is 10.5. The van der Waals surface area contributed by atoms with Crippen molar-refractivity contribution in [1.82, 2.24) is 15.6 Å². The summed E-state index contributed by atoms with van der Waals surface area (Å²) in [7, 11) is 0. The number of nitrogen functional groups attached to an aromatic ring is 1. The smallest absolute Gasteiger partial charge is 0.131 e. The van der Waals surface area contributed by atoms with Crippen LogP contribution < -0.4 is 21.7 Å². The number of hydrogen-bond donors (Lipinski definition) is 4. The highest BCUT2D eigenvalue weighted by atomic mass is 15.0. The zero-order valence-electron chi connectivity index (χ0n) is 17.8. The van der Waals surface area contributed by atoms with Crippen LogP contribution in [0.15, 0.2) is 36.5 Å². The lowest BCUT2D eigenvalue weighted by Crippen LogP contribution is -2.33. The Balaban J connectivity index is 1.33. The number of nitrogens with two attached hydrogens (primary N) is 1. The van der Waals surface area contributed by atoms with Crippen molar-refractivity contribution in [2.24, 2.45) is 0 Å². The number of benzene rings is 1. The Labute approximate surface area is 175 Å². The normalized spacial score (nSPS) is 14.8. The van der Waals surface area contributed by atoms with Crippen LogP contribution in [0.2, 0.25) is 0 Å². The molecule has 1 heterocycles. The fraction of sp³-hybridized carbons (Fsp3) is 0.542. The minimum atomic E-state index is 0.754. The first-order valence-electron chi connectivity index (χ1n) is 11.3. The first-order valence-corrected chi connectivity index (χ1v) is 11.3. The van der Waals surface area contributed by atoms with Crippen molar-refractivity contribution in [1.29, 1.82) is 0 Å². The molecular formula is C24H37N5. The molecule has 1 aliphatic rings. The van der Waals surface area contributed by atoms with Gasteiger partial charge in [-0.15, -0.1) is 0 Å². The molecule has 2 aromatic rings. The molecule has 0 radical (unpaired) electrons. The van der Waals surface area contributed by atoms with Crippen LogP contribution >= 0.6 is 0 Å². The SMILES string of the molecule is CCc1c(N)ccnc1NCc1ccc(CNCCCNC2CCCCC2)cc1. The van der Waals surface area contributed by atoms with E-state index < -0.39 is 0 Å². The molecule has 0 aliphatic heterocycles. The van der Waals surface area contributed by atoms with Gasteiger partial charge in [-0.1, -0.05) is 50.5 Å². The van der Waals surface area contributed by atoms with Crippen molar-refractivity contribution in [3.05, 3.63) is 53.2 Å². The summed E-state index contributed by atoms with van der Waals surface area (Å²) >= 11 is 0. The highest BCUT2D eigenvalue weighted by Crippen LogP contribution is 2.20. The zero-order valence-corrected chi connectivity index (χ0v) is 17.8. The third kappa shape index (κ3) is 7.02. The molecule has 1 aromatic heterocycles. The number of nitrogens with one attached hydrogen (secondary N) is 3. The van der Waals surface area contributed by atoms with Crippen molar-refractivity contribution in [3.63, 3.8) is 0 Å². The van der Waals surface area contributed by atoms with Crippen LogP contribution in [0.1, 0.15) is 62.1 Å². The van der Waals surface area contributed by atoms with Gasteiger partial charge in [-0.05, 0) is 56.0 Å². The second kappa shape index (κ2) is 11.8. The number of aromatic nitrogens is 1. The fourth-order valence-corrected chi connectivity index (χ4v) is 4.05. The van der Waals surface area contributed by atoms with E-state index in [0.29, 0.717) is 0 Å². The highest BCUT2D eigenvalue weighted by Gasteiger charge is 2.11. The Kier molecular flexibility index (Phi) is 8.78. The van der Waals surface area contributed by atoms with Gasteiger partial charge in [0.05, 0.1) is 0 Å². The van der Waals surface area contributed by atoms with E-state index in [1.165, 1.54) is 49.7 Å². The number of rotatable bonds is 11. The predicted octanol–water partition coefficient (Wildman–Crippen LogP) is 4.24. The summed E-state index contributed by atoms with van der Waals surface area (Å²) in [6.45, 7) is 5.97. The van der Waals surface area contributed by atoms with Crippen molar-refractivity contribution in [2.45, 2.75) is 71.0 Å². The molecule has 0 amide bonds. The van der Waals surface area contributed by atoms with Gasteiger partial charge in [-0.25, -0.2) is 4.98 Å². The topological polar surface area (TPSA) is 75.0 Å². The summed E-state index contributed by atoms with van der Waals surface area (Å²) < 4.78 is 0. The van der Waals surface area contributed by atoms with E-state index in [-0.39, 0.29) is 0 Å². The summed E-state index contributed by atoms with van der Waals surface area (Å²) in [5.74, 6) is 0.889. The van der Waals surface area contributed by atoms with Crippen LogP contribution in [-0.2, 0) is 19.5 Å². The van der Waals surface area contributed by atoms with Crippen LogP contribution in [0.3, 0.4) is 0 Å². The minimum Gasteiger partial charge on any atom is -0.398 e. The van der Waals surface area contributed by atoms with Crippen LogP contribution in [0, 0.1) is 0 Å². The van der Waals surface area contributed by atoms with Crippen LogP contribution in [0.25, 0.3) is 0 Å². The molecule has 1 aliphatic carbocycles. The van der Waals surface area contributed by atoms with Gasteiger partial charge < -0.3 is 21.7 Å². The predicted molar refractivity (Wildman–Crippen MR) is 123 cm³/mol.